The molecule has 0 spiro atoms. The first-order valence-corrected chi connectivity index (χ1v) is 8.38. The molecule has 0 N–H and O–H groups in total. The van der Waals surface area contributed by atoms with Gasteiger partial charge < -0.3 is 0 Å². The van der Waals surface area contributed by atoms with Crippen LogP contribution in [-0.4, -0.2) is 0 Å². The minimum atomic E-state index is -0.0369. The molecule has 0 fully saturated rings. The Balaban J connectivity index is 2.09. The van der Waals surface area contributed by atoms with Crippen LogP contribution in [0.1, 0.15) is 32.5 Å². The molecule has 0 saturated heterocycles. The van der Waals surface area contributed by atoms with Crippen LogP contribution in [-0.2, 0) is 0 Å². The van der Waals surface area contributed by atoms with Crippen molar-refractivity contribution in [3.8, 4) is 0 Å². The fourth-order valence-corrected chi connectivity index (χ4v) is 5.29. The first kappa shape index (κ1) is 13.2. The van der Waals surface area contributed by atoms with Crippen LogP contribution in [0.2, 0.25) is 0 Å². The lowest BCUT2D eigenvalue weighted by Crippen LogP contribution is -1.98. The van der Waals surface area contributed by atoms with E-state index in [0.29, 0.717) is 0 Å². The number of hydrogen-bond donors (Lipinski definition) is 0. The summed E-state index contributed by atoms with van der Waals surface area (Å²) in [6.45, 7) is 6.44. The second-order valence-electron chi connectivity index (χ2n) is 4.97. The average Bonchev–Trinajstić information content (AvgIpc) is 2.86. The van der Waals surface area contributed by atoms with E-state index < -0.39 is 0 Å². The Labute approximate surface area is 126 Å². The van der Waals surface area contributed by atoms with E-state index in [-0.39, 0.29) is 5.38 Å². The van der Waals surface area contributed by atoms with Crippen LogP contribution < -0.4 is 0 Å². The van der Waals surface area contributed by atoms with E-state index in [2.05, 4.69) is 50.4 Å². The minimum absolute atomic E-state index is 0.0369. The van der Waals surface area contributed by atoms with Crippen molar-refractivity contribution in [1.29, 1.82) is 0 Å². The van der Waals surface area contributed by atoms with Gasteiger partial charge in [0, 0.05) is 14.3 Å². The molecule has 19 heavy (non-hydrogen) atoms. The molecule has 0 bridgehead atoms. The fourth-order valence-electron chi connectivity index (χ4n) is 2.64. The molecule has 0 saturated carbocycles. The molecule has 0 aliphatic heterocycles. The third kappa shape index (κ3) is 2.33. The largest absolute Gasteiger partial charge is 0.143 e. The Hall–Kier alpha value is -0.830. The summed E-state index contributed by atoms with van der Waals surface area (Å²) in [7, 11) is 0. The maximum atomic E-state index is 6.74. The Morgan fingerprint density at radius 1 is 1.00 bits per heavy atom. The lowest BCUT2D eigenvalue weighted by atomic mass is 9.96. The molecule has 1 aromatic carbocycles. The van der Waals surface area contributed by atoms with E-state index in [4.69, 9.17) is 11.6 Å². The summed E-state index contributed by atoms with van der Waals surface area (Å²) in [4.78, 5) is 1.25. The Bertz CT molecular complexity index is 685. The quantitative estimate of drug-likeness (QED) is 0.493. The van der Waals surface area contributed by atoms with Gasteiger partial charge in [0.2, 0.25) is 0 Å². The van der Waals surface area contributed by atoms with Gasteiger partial charge in [0.1, 0.15) is 0 Å². The highest BCUT2D eigenvalue weighted by Crippen LogP contribution is 2.41. The summed E-state index contributed by atoms with van der Waals surface area (Å²) in [6, 6.07) is 8.84. The first-order valence-electron chi connectivity index (χ1n) is 6.25. The number of benzene rings is 1. The van der Waals surface area contributed by atoms with E-state index in [1.165, 1.54) is 36.5 Å². The van der Waals surface area contributed by atoms with Crippen LogP contribution in [0.3, 0.4) is 0 Å². The molecule has 0 aliphatic carbocycles. The number of alkyl halides is 1. The maximum absolute atomic E-state index is 6.74. The summed E-state index contributed by atoms with van der Waals surface area (Å²) in [5.74, 6) is 0. The number of fused-ring (bicyclic) bond motifs is 1. The van der Waals surface area contributed by atoms with Crippen molar-refractivity contribution in [3.05, 3.63) is 56.8 Å². The molecule has 0 aliphatic rings. The zero-order valence-corrected chi connectivity index (χ0v) is 13.5. The third-order valence-electron chi connectivity index (χ3n) is 3.40. The molecule has 0 nitrogen and oxygen atoms in total. The predicted octanol–water partition coefficient (Wildman–Crippen LogP) is 6.22. The average molecular weight is 307 g/mol. The van der Waals surface area contributed by atoms with Crippen molar-refractivity contribution in [2.75, 3.05) is 0 Å². The molecule has 1 unspecified atom stereocenters. The van der Waals surface area contributed by atoms with Gasteiger partial charge in [-0.1, -0.05) is 17.7 Å². The van der Waals surface area contributed by atoms with Crippen LogP contribution in [0.5, 0.6) is 0 Å². The SMILES string of the molecule is Cc1cc(C)c(C(Cl)c2cc3sccc3s2)c(C)c1. The number of thiophene rings is 2. The molecule has 1 atom stereocenters. The second kappa shape index (κ2) is 4.93. The van der Waals surface area contributed by atoms with Crippen molar-refractivity contribution in [3.63, 3.8) is 0 Å². The van der Waals surface area contributed by atoms with Crippen molar-refractivity contribution >= 4 is 43.7 Å². The monoisotopic (exact) mass is 306 g/mol. The molecule has 98 valence electrons. The summed E-state index contributed by atoms with van der Waals surface area (Å²) >= 11 is 10.3. The van der Waals surface area contributed by atoms with Crippen molar-refractivity contribution in [2.24, 2.45) is 0 Å². The van der Waals surface area contributed by atoms with Crippen LogP contribution in [0.25, 0.3) is 9.40 Å². The van der Waals surface area contributed by atoms with Gasteiger partial charge in [-0.15, -0.1) is 34.3 Å². The molecule has 3 aromatic rings. The molecule has 0 amide bonds. The smallest absolute Gasteiger partial charge is 0.0933 e. The fraction of sp³-hybridized carbons (Fsp3) is 0.250. The van der Waals surface area contributed by atoms with Gasteiger partial charge in [-0.3, -0.25) is 0 Å². The van der Waals surface area contributed by atoms with Crippen LogP contribution in [0, 0.1) is 20.8 Å². The van der Waals surface area contributed by atoms with Crippen LogP contribution >= 0.6 is 34.3 Å². The van der Waals surface area contributed by atoms with Gasteiger partial charge in [0.25, 0.3) is 0 Å². The second-order valence-corrected chi connectivity index (χ2v) is 7.47. The van der Waals surface area contributed by atoms with E-state index >= 15 is 0 Å². The minimum Gasteiger partial charge on any atom is -0.143 e. The van der Waals surface area contributed by atoms with E-state index in [1.54, 1.807) is 22.7 Å². The lowest BCUT2D eigenvalue weighted by molar-refractivity contribution is 1.10. The van der Waals surface area contributed by atoms with Crippen molar-refractivity contribution < 1.29 is 0 Å². The van der Waals surface area contributed by atoms with E-state index in [0.717, 1.165) is 0 Å². The number of halogens is 1. The molecule has 3 heteroatoms. The zero-order chi connectivity index (χ0) is 13.6. The van der Waals surface area contributed by atoms with Gasteiger partial charge in [-0.2, -0.15) is 0 Å². The number of aryl methyl sites for hydroxylation is 3. The van der Waals surface area contributed by atoms with Crippen LogP contribution in [0.4, 0.5) is 0 Å². The molecule has 2 aromatic heterocycles. The predicted molar refractivity (Wildman–Crippen MR) is 88.1 cm³/mol. The maximum Gasteiger partial charge on any atom is 0.0933 e. The molecule has 0 radical (unpaired) electrons. The highest BCUT2D eigenvalue weighted by atomic mass is 35.5. The number of rotatable bonds is 2. The third-order valence-corrected chi connectivity index (χ3v) is 6.14. The molecular weight excluding hydrogens is 292 g/mol. The lowest BCUT2D eigenvalue weighted by Gasteiger charge is -2.15. The topological polar surface area (TPSA) is 0 Å². The van der Waals surface area contributed by atoms with Gasteiger partial charge >= 0.3 is 0 Å². The summed E-state index contributed by atoms with van der Waals surface area (Å²) in [6.07, 6.45) is 0. The Morgan fingerprint density at radius 3 is 2.32 bits per heavy atom. The zero-order valence-electron chi connectivity index (χ0n) is 11.2. The highest BCUT2D eigenvalue weighted by Gasteiger charge is 2.18. The number of hydrogen-bond acceptors (Lipinski definition) is 2. The van der Waals surface area contributed by atoms with E-state index in [1.807, 2.05) is 0 Å². The summed E-state index contributed by atoms with van der Waals surface area (Å²) < 4.78 is 2.68. The summed E-state index contributed by atoms with van der Waals surface area (Å²) in [5.41, 5.74) is 5.14. The molecule has 2 heterocycles. The summed E-state index contributed by atoms with van der Waals surface area (Å²) in [5, 5.41) is 2.10. The van der Waals surface area contributed by atoms with E-state index in [9.17, 15) is 0 Å². The standard InChI is InChI=1S/C16H15ClS2/c1-9-6-10(2)15(11(3)7-9)16(17)14-8-13-12(19-14)4-5-18-13/h4-8,16H,1-3H3. The Morgan fingerprint density at radius 2 is 1.68 bits per heavy atom. The molecule has 3 rings (SSSR count). The van der Waals surface area contributed by atoms with Gasteiger partial charge in [0.15, 0.2) is 0 Å². The molecular formula is C16H15ClS2. The first-order chi connectivity index (χ1) is 9.06. The van der Waals surface area contributed by atoms with Crippen molar-refractivity contribution in [1.82, 2.24) is 0 Å². The van der Waals surface area contributed by atoms with Gasteiger partial charge in [0.05, 0.1) is 5.38 Å². The van der Waals surface area contributed by atoms with Crippen LogP contribution in [0.15, 0.2) is 29.6 Å². The van der Waals surface area contributed by atoms with Crippen molar-refractivity contribution in [2.45, 2.75) is 26.1 Å². The Kier molecular flexibility index (Phi) is 3.42. The highest BCUT2D eigenvalue weighted by molar-refractivity contribution is 7.27. The van der Waals surface area contributed by atoms with Gasteiger partial charge in [-0.25, -0.2) is 0 Å². The van der Waals surface area contributed by atoms with Gasteiger partial charge in [-0.05, 0) is 55.0 Å². The normalized spacial score (nSPS) is 13.1.